The number of benzene rings is 1. The maximum Gasteiger partial charge on any atom is 0.135 e. The van der Waals surface area contributed by atoms with Crippen LogP contribution < -0.4 is 10.6 Å². The van der Waals surface area contributed by atoms with E-state index in [0.29, 0.717) is 11.6 Å². The van der Waals surface area contributed by atoms with Crippen molar-refractivity contribution in [1.82, 2.24) is 0 Å². The fourth-order valence-corrected chi connectivity index (χ4v) is 2.40. The Labute approximate surface area is 118 Å². The van der Waals surface area contributed by atoms with Crippen LogP contribution in [0.1, 0.15) is 18.9 Å². The van der Waals surface area contributed by atoms with Crippen LogP contribution in [0.15, 0.2) is 18.2 Å². The molecular weight excluding hydrogens is 267 g/mol. The van der Waals surface area contributed by atoms with Crippen LogP contribution in [-0.4, -0.2) is 30.1 Å². The predicted octanol–water partition coefficient (Wildman–Crippen LogP) is 3.04. The number of hydrogen-bond donors (Lipinski definition) is 1. The van der Waals surface area contributed by atoms with E-state index in [9.17, 15) is 4.39 Å². The van der Waals surface area contributed by atoms with E-state index in [4.69, 9.17) is 18.0 Å². The Morgan fingerprint density at radius 3 is 2.72 bits per heavy atom. The summed E-state index contributed by atoms with van der Waals surface area (Å²) in [5.41, 5.74) is 6.59. The lowest BCUT2D eigenvalue weighted by Gasteiger charge is -2.27. The molecule has 0 heterocycles. The standard InChI is InChI=1S/C13H19FN2S2/c1-9(6-7-18-3)16(2)10-4-5-11(13(15)17)12(14)8-10/h4-5,8-9H,6-7H2,1-3H3,(H2,15,17). The molecule has 0 spiro atoms. The molecule has 0 aliphatic heterocycles. The van der Waals surface area contributed by atoms with Crippen molar-refractivity contribution in [3.63, 3.8) is 0 Å². The van der Waals surface area contributed by atoms with E-state index in [1.165, 1.54) is 6.07 Å². The zero-order valence-corrected chi connectivity index (χ0v) is 12.6. The summed E-state index contributed by atoms with van der Waals surface area (Å²) in [6, 6.07) is 5.36. The van der Waals surface area contributed by atoms with E-state index in [2.05, 4.69) is 18.1 Å². The molecule has 0 saturated carbocycles. The third kappa shape index (κ3) is 3.85. The molecule has 2 N–H and O–H groups in total. The van der Waals surface area contributed by atoms with Gasteiger partial charge in [-0.15, -0.1) is 0 Å². The van der Waals surface area contributed by atoms with Crippen molar-refractivity contribution < 1.29 is 4.39 Å². The molecule has 0 fully saturated rings. The first-order chi connectivity index (χ1) is 8.47. The van der Waals surface area contributed by atoms with Crippen LogP contribution in [0.4, 0.5) is 10.1 Å². The quantitative estimate of drug-likeness (QED) is 0.814. The first-order valence-corrected chi connectivity index (χ1v) is 7.58. The topological polar surface area (TPSA) is 29.3 Å². The number of thioether (sulfide) groups is 1. The minimum Gasteiger partial charge on any atom is -0.389 e. The van der Waals surface area contributed by atoms with Crippen molar-refractivity contribution in [3.8, 4) is 0 Å². The average molecular weight is 286 g/mol. The number of hydrogen-bond acceptors (Lipinski definition) is 3. The molecule has 1 rings (SSSR count). The molecule has 0 saturated heterocycles. The van der Waals surface area contributed by atoms with Crippen LogP contribution in [0, 0.1) is 5.82 Å². The Kier molecular flexibility index (Phi) is 5.88. The van der Waals surface area contributed by atoms with Crippen molar-refractivity contribution in [2.45, 2.75) is 19.4 Å². The molecule has 18 heavy (non-hydrogen) atoms. The Balaban J connectivity index is 2.83. The van der Waals surface area contributed by atoms with Gasteiger partial charge in [0.1, 0.15) is 10.8 Å². The van der Waals surface area contributed by atoms with Crippen molar-refractivity contribution >= 4 is 34.7 Å². The SMILES string of the molecule is CSCCC(C)N(C)c1ccc(C(N)=S)c(F)c1. The zero-order chi connectivity index (χ0) is 13.7. The van der Waals surface area contributed by atoms with Gasteiger partial charge in [0.2, 0.25) is 0 Å². The Hall–Kier alpha value is -0.810. The monoisotopic (exact) mass is 286 g/mol. The lowest BCUT2D eigenvalue weighted by Crippen LogP contribution is -2.29. The van der Waals surface area contributed by atoms with Gasteiger partial charge in [0.05, 0.1) is 0 Å². The highest BCUT2D eigenvalue weighted by Gasteiger charge is 2.12. The maximum atomic E-state index is 13.8. The van der Waals surface area contributed by atoms with E-state index in [0.717, 1.165) is 17.9 Å². The third-order valence-electron chi connectivity index (χ3n) is 3.03. The van der Waals surface area contributed by atoms with Gasteiger partial charge < -0.3 is 10.6 Å². The summed E-state index contributed by atoms with van der Waals surface area (Å²) >= 11 is 6.61. The Morgan fingerprint density at radius 1 is 1.56 bits per heavy atom. The third-order valence-corrected chi connectivity index (χ3v) is 3.89. The van der Waals surface area contributed by atoms with Gasteiger partial charge in [-0.25, -0.2) is 4.39 Å². The van der Waals surface area contributed by atoms with E-state index < -0.39 is 0 Å². The first-order valence-electron chi connectivity index (χ1n) is 5.78. The summed E-state index contributed by atoms with van der Waals surface area (Å²) in [6.07, 6.45) is 3.15. The van der Waals surface area contributed by atoms with E-state index in [1.807, 2.05) is 24.9 Å². The number of rotatable bonds is 6. The number of halogens is 1. The van der Waals surface area contributed by atoms with Crippen molar-refractivity contribution in [2.75, 3.05) is 24.0 Å². The molecule has 0 radical (unpaired) electrons. The molecule has 0 aliphatic rings. The smallest absolute Gasteiger partial charge is 0.135 e. The Bertz CT molecular complexity index is 423. The second-order valence-corrected chi connectivity index (χ2v) is 5.70. The molecule has 1 aromatic rings. The summed E-state index contributed by atoms with van der Waals surface area (Å²) in [7, 11) is 1.97. The number of nitrogens with two attached hydrogens (primary N) is 1. The second-order valence-electron chi connectivity index (χ2n) is 4.27. The highest BCUT2D eigenvalue weighted by molar-refractivity contribution is 7.98. The molecule has 100 valence electrons. The van der Waals surface area contributed by atoms with Crippen molar-refractivity contribution in [1.29, 1.82) is 0 Å². The van der Waals surface area contributed by atoms with E-state index >= 15 is 0 Å². The molecule has 1 unspecified atom stereocenters. The van der Waals surface area contributed by atoms with Gasteiger partial charge in [-0.1, -0.05) is 12.2 Å². The summed E-state index contributed by atoms with van der Waals surface area (Å²) in [5, 5.41) is 0. The number of nitrogens with zero attached hydrogens (tertiary/aromatic N) is 1. The molecule has 1 aromatic carbocycles. The lowest BCUT2D eigenvalue weighted by molar-refractivity contribution is 0.620. The summed E-state index contributed by atoms with van der Waals surface area (Å²) in [5.74, 6) is 0.739. The van der Waals surface area contributed by atoms with Gasteiger partial charge in [0, 0.05) is 24.3 Å². The normalized spacial score (nSPS) is 12.2. The van der Waals surface area contributed by atoms with Crippen molar-refractivity contribution in [3.05, 3.63) is 29.6 Å². The van der Waals surface area contributed by atoms with Crippen LogP contribution >= 0.6 is 24.0 Å². The van der Waals surface area contributed by atoms with Crippen LogP contribution in [0.2, 0.25) is 0 Å². The summed E-state index contributed by atoms with van der Waals surface area (Å²) < 4.78 is 13.8. The minimum absolute atomic E-state index is 0.0946. The second kappa shape index (κ2) is 6.95. The minimum atomic E-state index is -0.357. The van der Waals surface area contributed by atoms with Crippen LogP contribution in [0.3, 0.4) is 0 Å². The van der Waals surface area contributed by atoms with Gasteiger partial charge in [-0.05, 0) is 43.6 Å². The molecule has 1 atom stereocenters. The molecule has 0 bridgehead atoms. The molecule has 0 amide bonds. The van der Waals surface area contributed by atoms with Crippen LogP contribution in [0.5, 0.6) is 0 Å². The molecule has 0 aliphatic carbocycles. The average Bonchev–Trinajstić information content (AvgIpc) is 2.34. The van der Waals surface area contributed by atoms with E-state index in [-0.39, 0.29) is 10.8 Å². The highest BCUT2D eigenvalue weighted by atomic mass is 32.2. The van der Waals surface area contributed by atoms with Gasteiger partial charge in [-0.2, -0.15) is 11.8 Å². The lowest BCUT2D eigenvalue weighted by atomic mass is 10.1. The van der Waals surface area contributed by atoms with Crippen LogP contribution in [-0.2, 0) is 0 Å². The fourth-order valence-electron chi connectivity index (χ4n) is 1.66. The first kappa shape index (κ1) is 15.2. The number of anilines is 1. The van der Waals surface area contributed by atoms with Gasteiger partial charge in [0.25, 0.3) is 0 Å². The highest BCUT2D eigenvalue weighted by Crippen LogP contribution is 2.21. The molecule has 5 heteroatoms. The van der Waals surface area contributed by atoms with E-state index in [1.54, 1.807) is 6.07 Å². The van der Waals surface area contributed by atoms with Gasteiger partial charge in [-0.3, -0.25) is 0 Å². The molecule has 2 nitrogen and oxygen atoms in total. The van der Waals surface area contributed by atoms with Crippen molar-refractivity contribution in [2.24, 2.45) is 5.73 Å². The summed E-state index contributed by atoms with van der Waals surface area (Å²) in [6.45, 7) is 2.13. The van der Waals surface area contributed by atoms with Gasteiger partial charge in [0.15, 0.2) is 0 Å². The largest absolute Gasteiger partial charge is 0.389 e. The maximum absolute atomic E-state index is 13.8. The zero-order valence-electron chi connectivity index (χ0n) is 10.9. The van der Waals surface area contributed by atoms with Gasteiger partial charge >= 0.3 is 0 Å². The van der Waals surface area contributed by atoms with Crippen LogP contribution in [0.25, 0.3) is 0 Å². The molecule has 0 aromatic heterocycles. The molecular formula is C13H19FN2S2. The predicted molar refractivity (Wildman–Crippen MR) is 83.2 cm³/mol. The summed E-state index contributed by atoms with van der Waals surface area (Å²) in [4.78, 5) is 2.17. The Morgan fingerprint density at radius 2 is 2.22 bits per heavy atom. The fraction of sp³-hybridized carbons (Fsp3) is 0.462. The number of thiocarbonyl (C=S) groups is 1.